The van der Waals surface area contributed by atoms with E-state index in [4.69, 9.17) is 14.2 Å². The molecule has 1 aliphatic rings. The van der Waals surface area contributed by atoms with E-state index in [1.807, 2.05) is 13.0 Å². The minimum atomic E-state index is -4.40. The molecule has 1 aliphatic heterocycles. The number of anilines is 1. The van der Waals surface area contributed by atoms with Crippen LogP contribution in [0.3, 0.4) is 0 Å². The van der Waals surface area contributed by atoms with E-state index in [0.717, 1.165) is 43.0 Å². The van der Waals surface area contributed by atoms with Crippen LogP contribution in [0.2, 0.25) is 0 Å². The van der Waals surface area contributed by atoms with E-state index in [9.17, 15) is 18.0 Å². The monoisotopic (exact) mass is 616 g/mol. The van der Waals surface area contributed by atoms with Gasteiger partial charge in [-0.3, -0.25) is 4.79 Å². The van der Waals surface area contributed by atoms with Crippen molar-refractivity contribution in [3.63, 3.8) is 0 Å². The number of hydrogen-bond acceptors (Lipinski definition) is 9. The Morgan fingerprint density at radius 3 is 2.49 bits per heavy atom. The lowest BCUT2D eigenvalue weighted by atomic mass is 10.0. The Kier molecular flexibility index (Phi) is 8.85. The fourth-order valence-corrected chi connectivity index (χ4v) is 5.77. The average molecular weight is 617 g/mol. The molecule has 0 aliphatic carbocycles. The molecule has 1 fully saturated rings. The number of carbonyl (C=O) groups is 1. The molecule has 0 saturated carbocycles. The number of methoxy groups -OCH3 is 3. The quantitative estimate of drug-likeness (QED) is 0.255. The molecule has 43 heavy (non-hydrogen) atoms. The molecule has 10 nitrogen and oxygen atoms in total. The van der Waals surface area contributed by atoms with Crippen LogP contribution in [0.4, 0.5) is 19.0 Å². The number of rotatable bonds is 9. The number of alkyl halides is 3. The third-order valence-electron chi connectivity index (χ3n) is 7.03. The SMILES string of the molecule is COc1cc(C(=O)NC2CCCN(c3cc(C)nc4nc(SCc5cccc(C(F)(F)F)c5)nn34)C2)cc(OC)c1OC. The second-order valence-electron chi connectivity index (χ2n) is 10.0. The highest BCUT2D eigenvalue weighted by molar-refractivity contribution is 7.98. The van der Waals surface area contributed by atoms with Gasteiger partial charge in [-0.05, 0) is 43.5 Å². The van der Waals surface area contributed by atoms with Gasteiger partial charge < -0.3 is 24.4 Å². The number of fused-ring (bicyclic) bond motifs is 1. The maximum atomic E-state index is 13.2. The predicted octanol–water partition coefficient (Wildman–Crippen LogP) is 5.17. The molecule has 1 unspecified atom stereocenters. The Morgan fingerprint density at radius 1 is 1.07 bits per heavy atom. The van der Waals surface area contributed by atoms with Crippen molar-refractivity contribution in [3.05, 3.63) is 64.8 Å². The third-order valence-corrected chi connectivity index (χ3v) is 7.94. The van der Waals surface area contributed by atoms with Gasteiger partial charge >= 0.3 is 6.18 Å². The molecule has 0 spiro atoms. The van der Waals surface area contributed by atoms with E-state index in [0.29, 0.717) is 45.9 Å². The van der Waals surface area contributed by atoms with Crippen LogP contribution in [-0.2, 0) is 11.9 Å². The second-order valence-corrected chi connectivity index (χ2v) is 11.0. The third kappa shape index (κ3) is 6.74. The van der Waals surface area contributed by atoms with Gasteiger partial charge in [-0.1, -0.05) is 30.0 Å². The van der Waals surface area contributed by atoms with Gasteiger partial charge in [0.2, 0.25) is 10.9 Å². The number of piperidine rings is 1. The van der Waals surface area contributed by atoms with Crippen LogP contribution in [0.25, 0.3) is 5.78 Å². The molecule has 0 radical (unpaired) electrons. The van der Waals surface area contributed by atoms with Crippen LogP contribution in [0.15, 0.2) is 47.6 Å². The standard InChI is InChI=1S/C29H31F3N6O4S/c1-17-11-24(38-27(33-17)35-28(36-38)43-16-18-7-5-8-20(12-18)29(30,31)32)37-10-6-9-21(15-37)34-26(39)19-13-22(40-2)25(42-4)23(14-19)41-3/h5,7-8,11-14,21H,6,9-10,15-16H2,1-4H3,(H,34,39). The maximum Gasteiger partial charge on any atom is 0.416 e. The summed E-state index contributed by atoms with van der Waals surface area (Å²) in [5.41, 5.74) is 0.954. The summed E-state index contributed by atoms with van der Waals surface area (Å²) in [5.74, 6) is 2.35. The van der Waals surface area contributed by atoms with Crippen molar-refractivity contribution in [1.82, 2.24) is 24.9 Å². The van der Waals surface area contributed by atoms with Gasteiger partial charge in [-0.2, -0.15) is 22.7 Å². The van der Waals surface area contributed by atoms with E-state index in [-0.39, 0.29) is 17.7 Å². The fourth-order valence-electron chi connectivity index (χ4n) is 5.01. The lowest BCUT2D eigenvalue weighted by Gasteiger charge is -2.34. The van der Waals surface area contributed by atoms with Gasteiger partial charge in [0.1, 0.15) is 5.82 Å². The normalized spacial score (nSPS) is 15.4. The first-order valence-corrected chi connectivity index (χ1v) is 14.5. The molecule has 14 heteroatoms. The zero-order valence-corrected chi connectivity index (χ0v) is 24.9. The summed E-state index contributed by atoms with van der Waals surface area (Å²) in [6.07, 6.45) is -2.79. The summed E-state index contributed by atoms with van der Waals surface area (Å²) < 4.78 is 57.1. The van der Waals surface area contributed by atoms with Crippen molar-refractivity contribution in [2.75, 3.05) is 39.3 Å². The lowest BCUT2D eigenvalue weighted by Crippen LogP contribution is -2.48. The molecule has 4 aromatic rings. The highest BCUT2D eigenvalue weighted by atomic mass is 32.2. The van der Waals surface area contributed by atoms with Crippen LogP contribution in [0, 0.1) is 6.92 Å². The highest BCUT2D eigenvalue weighted by Gasteiger charge is 2.30. The number of carbonyl (C=O) groups excluding carboxylic acids is 1. The summed E-state index contributed by atoms with van der Waals surface area (Å²) in [6.45, 7) is 3.13. The number of nitrogens with one attached hydrogen (secondary N) is 1. The lowest BCUT2D eigenvalue weighted by molar-refractivity contribution is -0.137. The van der Waals surface area contributed by atoms with Gasteiger partial charge in [0.05, 0.1) is 26.9 Å². The van der Waals surface area contributed by atoms with E-state index >= 15 is 0 Å². The Balaban J connectivity index is 1.32. The van der Waals surface area contributed by atoms with Crippen molar-refractivity contribution in [1.29, 1.82) is 0 Å². The summed E-state index contributed by atoms with van der Waals surface area (Å²) in [7, 11) is 4.49. The van der Waals surface area contributed by atoms with Gasteiger partial charge in [0.25, 0.3) is 11.7 Å². The summed E-state index contributed by atoms with van der Waals surface area (Å²) in [5, 5.41) is 8.14. The fraction of sp³-hybridized carbons (Fsp3) is 0.379. The smallest absolute Gasteiger partial charge is 0.416 e. The molecular formula is C29H31F3N6O4S. The molecule has 1 N–H and O–H groups in total. The molecule has 1 atom stereocenters. The first kappa shape index (κ1) is 30.3. The zero-order valence-electron chi connectivity index (χ0n) is 24.1. The number of nitrogens with zero attached hydrogens (tertiary/aromatic N) is 5. The highest BCUT2D eigenvalue weighted by Crippen LogP contribution is 2.38. The molecule has 228 valence electrons. The number of benzene rings is 2. The Morgan fingerprint density at radius 2 is 1.81 bits per heavy atom. The number of hydrogen-bond donors (Lipinski definition) is 1. The van der Waals surface area contributed by atoms with Crippen molar-refractivity contribution >= 4 is 29.3 Å². The number of halogens is 3. The van der Waals surface area contributed by atoms with Gasteiger partial charge in [0, 0.05) is 42.2 Å². The van der Waals surface area contributed by atoms with Gasteiger partial charge in [0.15, 0.2) is 11.5 Å². The van der Waals surface area contributed by atoms with Crippen LogP contribution in [0.1, 0.15) is 40.0 Å². The Bertz CT molecular complexity index is 1600. The second kappa shape index (κ2) is 12.6. The summed E-state index contributed by atoms with van der Waals surface area (Å²) in [6, 6.07) is 10.2. The van der Waals surface area contributed by atoms with Crippen molar-refractivity contribution in [3.8, 4) is 17.2 Å². The van der Waals surface area contributed by atoms with E-state index in [1.165, 1.54) is 39.2 Å². The summed E-state index contributed by atoms with van der Waals surface area (Å²) in [4.78, 5) is 24.4. The van der Waals surface area contributed by atoms with E-state index < -0.39 is 11.7 Å². The number of aryl methyl sites for hydroxylation is 1. The van der Waals surface area contributed by atoms with E-state index in [2.05, 4.69) is 25.3 Å². The topological polar surface area (TPSA) is 103 Å². The van der Waals surface area contributed by atoms with Crippen LogP contribution in [-0.4, -0.2) is 65.9 Å². The van der Waals surface area contributed by atoms with Gasteiger partial charge in [-0.25, -0.2) is 4.98 Å². The average Bonchev–Trinajstić information content (AvgIpc) is 3.41. The minimum Gasteiger partial charge on any atom is -0.493 e. The molecule has 2 aromatic heterocycles. The molecule has 0 bridgehead atoms. The molecule has 1 saturated heterocycles. The van der Waals surface area contributed by atoms with Crippen LogP contribution in [0.5, 0.6) is 17.2 Å². The number of amides is 1. The maximum absolute atomic E-state index is 13.2. The van der Waals surface area contributed by atoms with E-state index in [1.54, 1.807) is 22.7 Å². The first-order chi connectivity index (χ1) is 20.6. The molecular weight excluding hydrogens is 585 g/mol. The van der Waals surface area contributed by atoms with Crippen molar-refractivity contribution in [2.45, 2.75) is 42.9 Å². The van der Waals surface area contributed by atoms with Gasteiger partial charge in [-0.15, -0.1) is 5.10 Å². The number of aromatic nitrogens is 4. The first-order valence-electron chi connectivity index (χ1n) is 13.5. The molecule has 3 heterocycles. The largest absolute Gasteiger partial charge is 0.493 e. The van der Waals surface area contributed by atoms with Crippen molar-refractivity contribution < 1.29 is 32.2 Å². The van der Waals surface area contributed by atoms with Crippen molar-refractivity contribution in [2.24, 2.45) is 0 Å². The summed E-state index contributed by atoms with van der Waals surface area (Å²) >= 11 is 1.24. The zero-order chi connectivity index (χ0) is 30.7. The van der Waals surface area contributed by atoms with Crippen LogP contribution < -0.4 is 24.4 Å². The Labute approximate surface area is 250 Å². The Hall–Kier alpha value is -4.20. The predicted molar refractivity (Wildman–Crippen MR) is 155 cm³/mol. The molecule has 2 aromatic carbocycles. The molecule has 1 amide bonds. The molecule has 5 rings (SSSR count). The minimum absolute atomic E-state index is 0.151. The number of thioether (sulfide) groups is 1. The van der Waals surface area contributed by atoms with Crippen LogP contribution >= 0.6 is 11.8 Å². The number of ether oxygens (including phenoxy) is 3.